The van der Waals surface area contributed by atoms with Gasteiger partial charge in [-0.15, -0.1) is 11.8 Å². The zero-order valence-electron chi connectivity index (χ0n) is 15.5. The summed E-state index contributed by atoms with van der Waals surface area (Å²) in [6.45, 7) is 3.20. The SMILES string of the molecule is C[C@@]12CCC(=O)N1[C@H](C(=O)N1CCN(S(=O)(=O)c3ccccc3Br)CC1)CS2. The van der Waals surface area contributed by atoms with Crippen molar-refractivity contribution < 1.29 is 18.0 Å². The van der Waals surface area contributed by atoms with Crippen molar-refractivity contribution in [2.24, 2.45) is 0 Å². The summed E-state index contributed by atoms with van der Waals surface area (Å²) in [6, 6.07) is 6.31. The first-order chi connectivity index (χ1) is 13.2. The molecule has 7 nitrogen and oxygen atoms in total. The monoisotopic (exact) mass is 487 g/mol. The first-order valence-electron chi connectivity index (χ1n) is 9.24. The Morgan fingerprint density at radius 1 is 1.21 bits per heavy atom. The van der Waals surface area contributed by atoms with Gasteiger partial charge in [0.05, 0.1) is 9.77 Å². The molecule has 0 unspecified atom stereocenters. The van der Waals surface area contributed by atoms with E-state index in [4.69, 9.17) is 0 Å². The predicted octanol–water partition coefficient (Wildman–Crippen LogP) is 1.74. The molecule has 1 aromatic rings. The van der Waals surface area contributed by atoms with Gasteiger partial charge in [0.1, 0.15) is 6.04 Å². The number of piperazine rings is 1. The van der Waals surface area contributed by atoms with Crippen LogP contribution in [0.25, 0.3) is 0 Å². The predicted molar refractivity (Wildman–Crippen MR) is 110 cm³/mol. The number of carbonyl (C=O) groups excluding carboxylic acids is 2. The Labute approximate surface area is 177 Å². The highest BCUT2D eigenvalue weighted by molar-refractivity contribution is 9.10. The molecular weight excluding hydrogens is 466 g/mol. The van der Waals surface area contributed by atoms with Crippen LogP contribution in [0.5, 0.6) is 0 Å². The average Bonchev–Trinajstić information content (AvgIpc) is 3.17. The van der Waals surface area contributed by atoms with Crippen LogP contribution in [0, 0.1) is 0 Å². The third kappa shape index (κ3) is 3.28. The summed E-state index contributed by atoms with van der Waals surface area (Å²) in [7, 11) is -3.61. The number of rotatable bonds is 3. The Bertz CT molecular complexity index is 917. The summed E-state index contributed by atoms with van der Waals surface area (Å²) in [5.41, 5.74) is 0. The maximum absolute atomic E-state index is 13.1. The molecule has 0 aliphatic carbocycles. The number of carbonyl (C=O) groups is 2. The number of hydrogen-bond donors (Lipinski definition) is 0. The first-order valence-corrected chi connectivity index (χ1v) is 12.5. The van der Waals surface area contributed by atoms with Crippen LogP contribution in [0.4, 0.5) is 0 Å². The van der Waals surface area contributed by atoms with Gasteiger partial charge in [0.15, 0.2) is 0 Å². The Balaban J connectivity index is 1.44. The molecule has 3 heterocycles. The minimum absolute atomic E-state index is 0.0426. The number of sulfonamides is 1. The molecule has 10 heteroatoms. The number of thioether (sulfide) groups is 1. The van der Waals surface area contributed by atoms with E-state index >= 15 is 0 Å². The number of benzene rings is 1. The van der Waals surface area contributed by atoms with E-state index in [1.165, 1.54) is 4.31 Å². The third-order valence-electron chi connectivity index (χ3n) is 5.73. The highest BCUT2D eigenvalue weighted by Gasteiger charge is 2.53. The Kier molecular flexibility index (Phi) is 5.26. The highest BCUT2D eigenvalue weighted by atomic mass is 79.9. The number of halogens is 1. The zero-order chi connectivity index (χ0) is 20.1. The van der Waals surface area contributed by atoms with Crippen LogP contribution in [0.15, 0.2) is 33.6 Å². The van der Waals surface area contributed by atoms with Crippen LogP contribution in [0.1, 0.15) is 19.8 Å². The summed E-state index contributed by atoms with van der Waals surface area (Å²) in [6.07, 6.45) is 1.27. The summed E-state index contributed by atoms with van der Waals surface area (Å²) in [4.78, 5) is 28.8. The van der Waals surface area contributed by atoms with Gasteiger partial charge in [0.2, 0.25) is 21.8 Å². The van der Waals surface area contributed by atoms with E-state index in [0.717, 1.165) is 6.42 Å². The lowest BCUT2D eigenvalue weighted by Gasteiger charge is -2.37. The molecule has 28 heavy (non-hydrogen) atoms. The second kappa shape index (κ2) is 7.30. The van der Waals surface area contributed by atoms with Crippen LogP contribution in [0.3, 0.4) is 0 Å². The average molecular weight is 488 g/mol. The van der Waals surface area contributed by atoms with E-state index in [-0.39, 0.29) is 34.7 Å². The Hall–Kier alpha value is -1.10. The molecule has 0 spiro atoms. The standard InChI is InChI=1S/C18H22BrN3O4S2/c1-18-7-6-16(23)22(18)14(12-27-18)17(24)20-8-10-21(11-9-20)28(25,26)15-5-3-2-4-13(15)19/h2-5,14H,6-12H2,1H3/t14-,18+/m0/s1. The summed E-state index contributed by atoms with van der Waals surface area (Å²) in [5.74, 6) is 0.585. The number of nitrogens with zero attached hydrogens (tertiary/aromatic N) is 3. The van der Waals surface area contributed by atoms with Crippen LogP contribution in [-0.2, 0) is 19.6 Å². The molecule has 3 aliphatic rings. The van der Waals surface area contributed by atoms with E-state index in [2.05, 4.69) is 15.9 Å². The van der Waals surface area contributed by atoms with E-state index in [1.807, 2.05) is 6.92 Å². The molecule has 4 rings (SSSR count). The van der Waals surface area contributed by atoms with Gasteiger partial charge >= 0.3 is 0 Å². The molecule has 3 fully saturated rings. The fourth-order valence-electron chi connectivity index (χ4n) is 4.16. The third-order valence-corrected chi connectivity index (χ3v) is 10.2. The first kappa shape index (κ1) is 20.2. The molecule has 0 aromatic heterocycles. The van der Waals surface area contributed by atoms with E-state index in [1.54, 1.807) is 45.8 Å². The molecule has 152 valence electrons. The lowest BCUT2D eigenvalue weighted by atomic mass is 10.2. The topological polar surface area (TPSA) is 78.0 Å². The van der Waals surface area contributed by atoms with Crippen molar-refractivity contribution in [2.45, 2.75) is 35.6 Å². The number of amides is 2. The van der Waals surface area contributed by atoms with Crippen LogP contribution >= 0.6 is 27.7 Å². The van der Waals surface area contributed by atoms with Crippen molar-refractivity contribution in [1.82, 2.24) is 14.1 Å². The molecular formula is C18H22BrN3O4S2. The van der Waals surface area contributed by atoms with Gasteiger partial charge in [-0.3, -0.25) is 9.59 Å². The molecule has 2 atom stereocenters. The van der Waals surface area contributed by atoms with E-state index in [0.29, 0.717) is 29.7 Å². The summed E-state index contributed by atoms with van der Waals surface area (Å²) in [5, 5.41) is 0. The van der Waals surface area contributed by atoms with Gasteiger partial charge in [-0.05, 0) is 41.4 Å². The lowest BCUT2D eigenvalue weighted by Crippen LogP contribution is -2.56. The normalized spacial score (nSPS) is 28.6. The van der Waals surface area contributed by atoms with Crippen molar-refractivity contribution in [3.63, 3.8) is 0 Å². The molecule has 0 saturated carbocycles. The van der Waals surface area contributed by atoms with Gasteiger partial charge in [0.25, 0.3) is 0 Å². The Morgan fingerprint density at radius 3 is 2.57 bits per heavy atom. The molecule has 2 amide bonds. The fraction of sp³-hybridized carbons (Fsp3) is 0.556. The lowest BCUT2D eigenvalue weighted by molar-refractivity contribution is -0.144. The zero-order valence-corrected chi connectivity index (χ0v) is 18.7. The van der Waals surface area contributed by atoms with Crippen LogP contribution < -0.4 is 0 Å². The summed E-state index contributed by atoms with van der Waals surface area (Å²) < 4.78 is 27.8. The number of hydrogen-bond acceptors (Lipinski definition) is 5. The maximum atomic E-state index is 13.1. The van der Waals surface area contributed by atoms with Crippen molar-refractivity contribution in [3.05, 3.63) is 28.7 Å². The quantitative estimate of drug-likeness (QED) is 0.648. The van der Waals surface area contributed by atoms with Gasteiger partial charge < -0.3 is 9.80 Å². The minimum Gasteiger partial charge on any atom is -0.338 e. The van der Waals surface area contributed by atoms with Crippen molar-refractivity contribution in [2.75, 3.05) is 31.9 Å². The second-order valence-electron chi connectivity index (χ2n) is 7.43. The second-order valence-corrected chi connectivity index (χ2v) is 11.7. The van der Waals surface area contributed by atoms with Crippen molar-refractivity contribution in [1.29, 1.82) is 0 Å². The van der Waals surface area contributed by atoms with E-state index in [9.17, 15) is 18.0 Å². The highest BCUT2D eigenvalue weighted by Crippen LogP contribution is 2.47. The summed E-state index contributed by atoms with van der Waals surface area (Å²) >= 11 is 4.97. The molecule has 1 aromatic carbocycles. The van der Waals surface area contributed by atoms with Gasteiger partial charge in [-0.1, -0.05) is 12.1 Å². The largest absolute Gasteiger partial charge is 0.338 e. The van der Waals surface area contributed by atoms with Gasteiger partial charge in [-0.2, -0.15) is 4.31 Å². The smallest absolute Gasteiger partial charge is 0.246 e. The Morgan fingerprint density at radius 2 is 1.89 bits per heavy atom. The van der Waals surface area contributed by atoms with Gasteiger partial charge in [0, 0.05) is 42.8 Å². The molecule has 0 radical (unpaired) electrons. The molecule has 3 aliphatic heterocycles. The molecule has 0 bridgehead atoms. The van der Waals surface area contributed by atoms with Crippen molar-refractivity contribution in [3.8, 4) is 0 Å². The fourth-order valence-corrected chi connectivity index (χ4v) is 7.96. The number of fused-ring (bicyclic) bond motifs is 1. The minimum atomic E-state index is -3.61. The van der Waals surface area contributed by atoms with Crippen LogP contribution in [0.2, 0.25) is 0 Å². The maximum Gasteiger partial charge on any atom is 0.246 e. The molecule has 0 N–H and O–H groups in total. The van der Waals surface area contributed by atoms with Gasteiger partial charge in [-0.25, -0.2) is 8.42 Å². The van der Waals surface area contributed by atoms with Crippen molar-refractivity contribution >= 4 is 49.5 Å². The van der Waals surface area contributed by atoms with Crippen LogP contribution in [-0.4, -0.2) is 77.2 Å². The molecule has 3 saturated heterocycles. The van der Waals surface area contributed by atoms with E-state index < -0.39 is 16.1 Å².